The zero-order chi connectivity index (χ0) is 8.55. The largest absolute Gasteiger partial charge is 0.399 e. The van der Waals surface area contributed by atoms with Crippen LogP contribution in [0.5, 0.6) is 0 Å². The molecule has 4 heteroatoms. The fourth-order valence-corrected chi connectivity index (χ4v) is 1.93. The summed E-state index contributed by atoms with van der Waals surface area (Å²) in [5.74, 6) is 0. The van der Waals surface area contributed by atoms with Gasteiger partial charge < -0.3 is 11.1 Å². The van der Waals surface area contributed by atoms with E-state index >= 15 is 0 Å². The molecule has 1 heterocycles. The predicted molar refractivity (Wildman–Crippen MR) is 50.2 cm³/mol. The van der Waals surface area contributed by atoms with E-state index in [1.165, 1.54) is 11.8 Å². The highest BCUT2D eigenvalue weighted by atomic mass is 32.2. The first-order chi connectivity index (χ1) is 5.75. The van der Waals surface area contributed by atoms with Crippen LogP contribution in [0.4, 0.5) is 11.4 Å². The molecule has 3 nitrogen and oxygen atoms in total. The summed E-state index contributed by atoms with van der Waals surface area (Å²) in [6.45, 7) is 0.404. The van der Waals surface area contributed by atoms with Crippen LogP contribution in [0, 0.1) is 0 Å². The van der Waals surface area contributed by atoms with Gasteiger partial charge >= 0.3 is 0 Å². The highest BCUT2D eigenvalue weighted by Crippen LogP contribution is 2.32. The Labute approximate surface area is 74.3 Å². The molecule has 0 bridgehead atoms. The standard InChI is InChI=1S/C8H8N2OS/c9-5-1-2-6-7(3-5)12-8(11)4-10-6/h1-3,10H,4,9H2. The molecule has 0 radical (unpaired) electrons. The maximum atomic E-state index is 11.0. The van der Waals surface area contributed by atoms with Crippen LogP contribution in [-0.2, 0) is 4.79 Å². The van der Waals surface area contributed by atoms with E-state index in [0.717, 1.165) is 10.6 Å². The summed E-state index contributed by atoms with van der Waals surface area (Å²) in [4.78, 5) is 11.9. The van der Waals surface area contributed by atoms with Gasteiger partial charge in [0.25, 0.3) is 0 Å². The third kappa shape index (κ3) is 1.25. The Hall–Kier alpha value is -1.16. The molecule has 0 aliphatic carbocycles. The maximum Gasteiger partial charge on any atom is 0.212 e. The van der Waals surface area contributed by atoms with Crippen molar-refractivity contribution in [3.05, 3.63) is 18.2 Å². The predicted octanol–water partition coefficient (Wildman–Crippen LogP) is 1.31. The average molecular weight is 180 g/mol. The lowest BCUT2D eigenvalue weighted by molar-refractivity contribution is -0.109. The highest BCUT2D eigenvalue weighted by Gasteiger charge is 2.14. The van der Waals surface area contributed by atoms with Gasteiger partial charge in [-0.15, -0.1) is 0 Å². The molecule has 62 valence electrons. The van der Waals surface area contributed by atoms with Crippen molar-refractivity contribution in [3.8, 4) is 0 Å². The van der Waals surface area contributed by atoms with E-state index < -0.39 is 0 Å². The van der Waals surface area contributed by atoms with Crippen LogP contribution in [0.25, 0.3) is 0 Å². The number of nitrogens with one attached hydrogen (secondary N) is 1. The van der Waals surface area contributed by atoms with Crippen LogP contribution < -0.4 is 11.1 Å². The minimum Gasteiger partial charge on any atom is -0.399 e. The summed E-state index contributed by atoms with van der Waals surface area (Å²) in [6.07, 6.45) is 0. The molecule has 1 aliphatic heterocycles. The van der Waals surface area contributed by atoms with Crippen molar-refractivity contribution in [2.24, 2.45) is 0 Å². The van der Waals surface area contributed by atoms with E-state index in [1.54, 1.807) is 0 Å². The monoisotopic (exact) mass is 180 g/mol. The summed E-state index contributed by atoms with van der Waals surface area (Å²) < 4.78 is 0. The molecule has 0 spiro atoms. The Morgan fingerprint density at radius 3 is 3.17 bits per heavy atom. The Morgan fingerprint density at radius 1 is 1.50 bits per heavy atom. The molecule has 3 N–H and O–H groups in total. The number of hydrogen-bond donors (Lipinski definition) is 2. The second kappa shape index (κ2) is 2.71. The summed E-state index contributed by atoms with van der Waals surface area (Å²) in [5, 5.41) is 3.15. The Bertz CT molecular complexity index is 338. The molecule has 0 fully saturated rings. The minimum atomic E-state index is 0.133. The van der Waals surface area contributed by atoms with E-state index in [4.69, 9.17) is 5.73 Å². The van der Waals surface area contributed by atoms with Crippen molar-refractivity contribution >= 4 is 28.3 Å². The van der Waals surface area contributed by atoms with Gasteiger partial charge in [-0.05, 0) is 30.0 Å². The summed E-state index contributed by atoms with van der Waals surface area (Å²) in [6, 6.07) is 5.52. The van der Waals surface area contributed by atoms with Gasteiger partial charge in [0.1, 0.15) is 0 Å². The van der Waals surface area contributed by atoms with Crippen molar-refractivity contribution in [2.75, 3.05) is 17.6 Å². The number of nitrogens with two attached hydrogens (primary N) is 1. The third-order valence-corrected chi connectivity index (χ3v) is 2.58. The first kappa shape index (κ1) is 7.49. The summed E-state index contributed by atoms with van der Waals surface area (Å²) >= 11 is 1.24. The quantitative estimate of drug-likeness (QED) is 0.591. The van der Waals surface area contributed by atoms with E-state index in [0.29, 0.717) is 12.2 Å². The lowest BCUT2D eigenvalue weighted by Gasteiger charge is -2.15. The van der Waals surface area contributed by atoms with Gasteiger partial charge in [-0.25, -0.2) is 0 Å². The van der Waals surface area contributed by atoms with E-state index in [-0.39, 0.29) is 5.12 Å². The number of nitrogen functional groups attached to an aromatic ring is 1. The highest BCUT2D eigenvalue weighted by molar-refractivity contribution is 8.14. The molecule has 0 atom stereocenters. The Morgan fingerprint density at radius 2 is 2.33 bits per heavy atom. The molecular weight excluding hydrogens is 172 g/mol. The lowest BCUT2D eigenvalue weighted by atomic mass is 10.3. The molecule has 0 saturated heterocycles. The van der Waals surface area contributed by atoms with Crippen molar-refractivity contribution in [1.29, 1.82) is 0 Å². The van der Waals surface area contributed by atoms with Gasteiger partial charge in [0.2, 0.25) is 5.12 Å². The fourth-order valence-electron chi connectivity index (χ4n) is 1.10. The average Bonchev–Trinajstić information content (AvgIpc) is 2.03. The van der Waals surface area contributed by atoms with Crippen LogP contribution in [0.3, 0.4) is 0 Å². The topological polar surface area (TPSA) is 55.1 Å². The van der Waals surface area contributed by atoms with E-state index in [1.807, 2.05) is 18.2 Å². The minimum absolute atomic E-state index is 0.133. The fraction of sp³-hybridized carbons (Fsp3) is 0.125. The normalized spacial score (nSPS) is 15.2. The Balaban J connectivity index is 2.44. The van der Waals surface area contributed by atoms with Gasteiger partial charge in [0, 0.05) is 16.3 Å². The molecular formula is C8H8N2OS. The zero-order valence-corrected chi connectivity index (χ0v) is 7.15. The van der Waals surface area contributed by atoms with Crippen LogP contribution >= 0.6 is 11.8 Å². The first-order valence-corrected chi connectivity index (χ1v) is 4.41. The number of benzene rings is 1. The van der Waals surface area contributed by atoms with Gasteiger partial charge in [0.15, 0.2) is 0 Å². The lowest BCUT2D eigenvalue weighted by Crippen LogP contribution is -2.15. The smallest absolute Gasteiger partial charge is 0.212 e. The van der Waals surface area contributed by atoms with Crippen LogP contribution in [0.2, 0.25) is 0 Å². The molecule has 2 rings (SSSR count). The van der Waals surface area contributed by atoms with Gasteiger partial charge in [-0.3, -0.25) is 4.79 Å². The molecule has 0 aromatic heterocycles. The number of carbonyl (C=O) groups is 1. The molecule has 0 amide bonds. The first-order valence-electron chi connectivity index (χ1n) is 3.60. The summed E-state index contributed by atoms with van der Waals surface area (Å²) in [5.41, 5.74) is 7.26. The molecule has 1 aromatic carbocycles. The second-order valence-electron chi connectivity index (χ2n) is 2.58. The summed E-state index contributed by atoms with van der Waals surface area (Å²) in [7, 11) is 0. The maximum absolute atomic E-state index is 11.0. The number of hydrogen-bond acceptors (Lipinski definition) is 4. The number of anilines is 2. The molecule has 1 aromatic rings. The molecule has 0 unspecified atom stereocenters. The molecule has 1 aliphatic rings. The number of rotatable bonds is 0. The van der Waals surface area contributed by atoms with Crippen LogP contribution in [-0.4, -0.2) is 11.7 Å². The van der Waals surface area contributed by atoms with Crippen molar-refractivity contribution < 1.29 is 4.79 Å². The third-order valence-electron chi connectivity index (χ3n) is 1.65. The van der Waals surface area contributed by atoms with Crippen molar-refractivity contribution in [1.82, 2.24) is 0 Å². The number of carbonyl (C=O) groups excluding carboxylic acids is 1. The van der Waals surface area contributed by atoms with Crippen LogP contribution in [0.15, 0.2) is 23.1 Å². The second-order valence-corrected chi connectivity index (χ2v) is 3.68. The van der Waals surface area contributed by atoms with E-state index in [2.05, 4.69) is 5.32 Å². The van der Waals surface area contributed by atoms with Gasteiger partial charge in [-0.2, -0.15) is 0 Å². The van der Waals surface area contributed by atoms with Crippen molar-refractivity contribution in [3.63, 3.8) is 0 Å². The van der Waals surface area contributed by atoms with Gasteiger partial charge in [0.05, 0.1) is 6.54 Å². The zero-order valence-electron chi connectivity index (χ0n) is 6.33. The van der Waals surface area contributed by atoms with E-state index in [9.17, 15) is 4.79 Å². The number of fused-ring (bicyclic) bond motifs is 1. The molecule has 12 heavy (non-hydrogen) atoms. The molecule has 0 saturated carbocycles. The van der Waals surface area contributed by atoms with Crippen molar-refractivity contribution in [2.45, 2.75) is 4.90 Å². The van der Waals surface area contributed by atoms with Crippen LogP contribution in [0.1, 0.15) is 0 Å². The van der Waals surface area contributed by atoms with Gasteiger partial charge in [-0.1, -0.05) is 0 Å². The number of thioether (sulfide) groups is 1. The SMILES string of the molecule is Nc1ccc2c(c1)SC(=O)CN2. The Kier molecular flexibility index (Phi) is 1.69.